The minimum absolute atomic E-state index is 0.00876. The second-order valence-corrected chi connectivity index (χ2v) is 5.57. The summed E-state index contributed by atoms with van der Waals surface area (Å²) in [5.74, 6) is -0.229. The number of carbonyl (C=O) groups excluding carboxylic acids is 1. The van der Waals surface area contributed by atoms with Gasteiger partial charge in [-0.05, 0) is 17.7 Å². The Kier molecular flexibility index (Phi) is 5.75. The first-order valence-corrected chi connectivity index (χ1v) is 7.67. The van der Waals surface area contributed by atoms with Gasteiger partial charge in [0.2, 0.25) is 5.91 Å². The highest BCUT2D eigenvalue weighted by Gasteiger charge is 2.07. The number of amides is 1. The summed E-state index contributed by atoms with van der Waals surface area (Å²) in [4.78, 5) is 11.7. The Morgan fingerprint density at radius 1 is 1.10 bits per heavy atom. The number of anilines is 1. The molecule has 21 heavy (non-hydrogen) atoms. The molecule has 0 aliphatic carbocycles. The van der Waals surface area contributed by atoms with Crippen LogP contribution in [0, 0.1) is 11.6 Å². The Morgan fingerprint density at radius 2 is 1.86 bits per heavy atom. The maximum absolute atomic E-state index is 13.4. The van der Waals surface area contributed by atoms with Gasteiger partial charge in [0.1, 0.15) is 11.6 Å². The largest absolute Gasteiger partial charge is 0.324 e. The van der Waals surface area contributed by atoms with Crippen LogP contribution in [0.25, 0.3) is 0 Å². The van der Waals surface area contributed by atoms with E-state index in [9.17, 15) is 13.6 Å². The highest BCUT2D eigenvalue weighted by atomic mass is 32.2. The number of carbonyl (C=O) groups is 1. The van der Waals surface area contributed by atoms with Crippen molar-refractivity contribution in [2.45, 2.75) is 12.2 Å². The van der Waals surface area contributed by atoms with Crippen molar-refractivity contribution in [3.05, 3.63) is 65.7 Å². The van der Waals surface area contributed by atoms with Gasteiger partial charge in [-0.15, -0.1) is 0 Å². The van der Waals surface area contributed by atoms with Gasteiger partial charge in [0, 0.05) is 24.0 Å². The van der Waals surface area contributed by atoms with Crippen LogP contribution in [0.15, 0.2) is 48.5 Å². The fraction of sp³-hybridized carbons (Fsp3) is 0.188. The van der Waals surface area contributed by atoms with Crippen molar-refractivity contribution in [1.82, 2.24) is 0 Å². The van der Waals surface area contributed by atoms with Gasteiger partial charge in [-0.1, -0.05) is 30.3 Å². The van der Waals surface area contributed by atoms with Crippen LogP contribution in [-0.2, 0) is 10.5 Å². The van der Waals surface area contributed by atoms with E-state index < -0.39 is 11.6 Å². The van der Waals surface area contributed by atoms with Crippen LogP contribution >= 0.6 is 11.8 Å². The fourth-order valence-corrected chi connectivity index (χ4v) is 2.63. The maximum Gasteiger partial charge on any atom is 0.225 e. The molecule has 2 rings (SSSR count). The van der Waals surface area contributed by atoms with Gasteiger partial charge in [-0.25, -0.2) is 8.78 Å². The zero-order valence-corrected chi connectivity index (χ0v) is 12.1. The van der Waals surface area contributed by atoms with Crippen LogP contribution in [0.5, 0.6) is 0 Å². The molecule has 1 N–H and O–H groups in total. The van der Waals surface area contributed by atoms with Crippen LogP contribution in [0.2, 0.25) is 0 Å². The molecular formula is C16H15F2NOS. The van der Waals surface area contributed by atoms with Crippen molar-refractivity contribution in [3.63, 3.8) is 0 Å². The van der Waals surface area contributed by atoms with E-state index in [2.05, 4.69) is 5.32 Å². The number of nitrogens with one attached hydrogen (secondary N) is 1. The molecule has 0 unspecified atom stereocenters. The molecule has 0 aliphatic heterocycles. The Morgan fingerprint density at radius 3 is 2.57 bits per heavy atom. The van der Waals surface area contributed by atoms with E-state index in [0.29, 0.717) is 5.75 Å². The van der Waals surface area contributed by atoms with E-state index in [1.807, 2.05) is 30.3 Å². The molecule has 2 aromatic carbocycles. The third kappa shape index (κ3) is 5.19. The third-order valence-corrected chi connectivity index (χ3v) is 3.82. The molecule has 0 aromatic heterocycles. The molecule has 0 heterocycles. The molecule has 0 saturated carbocycles. The van der Waals surface area contributed by atoms with Crippen molar-refractivity contribution in [2.75, 3.05) is 11.1 Å². The second-order valence-electron chi connectivity index (χ2n) is 4.46. The Bertz CT molecular complexity index is 604. The lowest BCUT2D eigenvalue weighted by molar-refractivity contribution is -0.115. The van der Waals surface area contributed by atoms with Crippen LogP contribution in [-0.4, -0.2) is 11.7 Å². The van der Waals surface area contributed by atoms with Crippen molar-refractivity contribution >= 4 is 23.4 Å². The summed E-state index contributed by atoms with van der Waals surface area (Å²) < 4.78 is 26.1. The van der Waals surface area contributed by atoms with Gasteiger partial charge in [0.15, 0.2) is 0 Å². The molecule has 0 aliphatic rings. The fourth-order valence-electron chi connectivity index (χ4n) is 1.73. The van der Waals surface area contributed by atoms with E-state index in [0.717, 1.165) is 17.9 Å². The SMILES string of the molecule is O=C(CCSCc1ccccc1)Nc1ccc(F)cc1F. The number of hydrogen-bond donors (Lipinski definition) is 1. The minimum Gasteiger partial charge on any atom is -0.324 e. The molecule has 5 heteroatoms. The van der Waals surface area contributed by atoms with Gasteiger partial charge in [-0.2, -0.15) is 11.8 Å². The Hall–Kier alpha value is -1.88. The maximum atomic E-state index is 13.4. The smallest absolute Gasteiger partial charge is 0.225 e. The van der Waals surface area contributed by atoms with E-state index >= 15 is 0 Å². The number of thioether (sulfide) groups is 1. The minimum atomic E-state index is -0.764. The van der Waals surface area contributed by atoms with E-state index in [4.69, 9.17) is 0 Å². The van der Waals surface area contributed by atoms with Crippen LogP contribution in [0.3, 0.4) is 0 Å². The van der Waals surface area contributed by atoms with Crippen LogP contribution in [0.4, 0.5) is 14.5 Å². The predicted octanol–water partition coefficient (Wildman–Crippen LogP) is 4.23. The van der Waals surface area contributed by atoms with Crippen LogP contribution in [0.1, 0.15) is 12.0 Å². The molecule has 1 amide bonds. The lowest BCUT2D eigenvalue weighted by Crippen LogP contribution is -2.13. The van der Waals surface area contributed by atoms with Crippen molar-refractivity contribution in [3.8, 4) is 0 Å². The van der Waals surface area contributed by atoms with Gasteiger partial charge >= 0.3 is 0 Å². The summed E-state index contributed by atoms with van der Waals surface area (Å²) in [7, 11) is 0. The normalized spacial score (nSPS) is 10.4. The monoisotopic (exact) mass is 307 g/mol. The molecule has 110 valence electrons. The summed E-state index contributed by atoms with van der Waals surface area (Å²) in [5.41, 5.74) is 1.21. The van der Waals surface area contributed by atoms with Gasteiger partial charge < -0.3 is 5.32 Å². The third-order valence-electron chi connectivity index (χ3n) is 2.79. The number of rotatable bonds is 6. The highest BCUT2D eigenvalue weighted by Crippen LogP contribution is 2.16. The van der Waals surface area contributed by atoms with Crippen molar-refractivity contribution in [2.24, 2.45) is 0 Å². The summed E-state index contributed by atoms with van der Waals surface area (Å²) in [6.07, 6.45) is 0.286. The highest BCUT2D eigenvalue weighted by molar-refractivity contribution is 7.98. The summed E-state index contributed by atoms with van der Waals surface area (Å²) in [6, 6.07) is 13.0. The summed E-state index contributed by atoms with van der Waals surface area (Å²) >= 11 is 1.64. The standard InChI is InChI=1S/C16H15F2NOS/c17-13-6-7-15(14(18)10-13)19-16(20)8-9-21-11-12-4-2-1-3-5-12/h1-7,10H,8-9,11H2,(H,19,20). The van der Waals surface area contributed by atoms with Crippen molar-refractivity contribution in [1.29, 1.82) is 0 Å². The van der Waals surface area contributed by atoms with Crippen molar-refractivity contribution < 1.29 is 13.6 Å². The van der Waals surface area contributed by atoms with E-state index in [1.54, 1.807) is 11.8 Å². The van der Waals surface area contributed by atoms with Crippen LogP contribution < -0.4 is 5.32 Å². The number of benzene rings is 2. The summed E-state index contributed by atoms with van der Waals surface area (Å²) in [5, 5.41) is 2.44. The number of halogens is 2. The van der Waals surface area contributed by atoms with E-state index in [-0.39, 0.29) is 18.0 Å². The molecule has 2 nitrogen and oxygen atoms in total. The lowest BCUT2D eigenvalue weighted by Gasteiger charge is -2.06. The topological polar surface area (TPSA) is 29.1 Å². The molecule has 0 spiro atoms. The first-order chi connectivity index (χ1) is 10.1. The molecular weight excluding hydrogens is 292 g/mol. The number of hydrogen-bond acceptors (Lipinski definition) is 2. The molecule has 0 atom stereocenters. The summed E-state index contributed by atoms with van der Waals surface area (Å²) in [6.45, 7) is 0. The zero-order valence-electron chi connectivity index (χ0n) is 11.3. The molecule has 2 aromatic rings. The first-order valence-electron chi connectivity index (χ1n) is 6.52. The second kappa shape index (κ2) is 7.78. The van der Waals surface area contributed by atoms with Gasteiger partial charge in [0.05, 0.1) is 5.69 Å². The van der Waals surface area contributed by atoms with Gasteiger partial charge in [0.25, 0.3) is 0 Å². The van der Waals surface area contributed by atoms with Gasteiger partial charge in [-0.3, -0.25) is 4.79 Å². The quantitative estimate of drug-likeness (QED) is 0.809. The first kappa shape index (κ1) is 15.5. The predicted molar refractivity (Wildman–Crippen MR) is 82.2 cm³/mol. The van der Waals surface area contributed by atoms with E-state index in [1.165, 1.54) is 11.6 Å². The Balaban J connectivity index is 1.72. The zero-order chi connectivity index (χ0) is 15.1. The molecule has 0 saturated heterocycles. The average Bonchev–Trinajstić information content (AvgIpc) is 2.48. The molecule has 0 fully saturated rings. The Labute approximate surface area is 126 Å². The lowest BCUT2D eigenvalue weighted by atomic mass is 10.2. The average molecular weight is 307 g/mol. The molecule has 0 radical (unpaired) electrons. The molecule has 0 bridgehead atoms.